The fourth-order valence-electron chi connectivity index (χ4n) is 2.08. The van der Waals surface area contributed by atoms with Crippen molar-refractivity contribution in [1.82, 2.24) is 0 Å². The van der Waals surface area contributed by atoms with Gasteiger partial charge in [-0.05, 0) is 76.2 Å². The van der Waals surface area contributed by atoms with Crippen molar-refractivity contribution in [2.45, 2.75) is 0 Å². The summed E-state index contributed by atoms with van der Waals surface area (Å²) in [5, 5.41) is 8.85. The fourth-order valence-corrected chi connectivity index (χ4v) is 2.75. The first kappa shape index (κ1) is 12.9. The van der Waals surface area contributed by atoms with Crippen molar-refractivity contribution in [2.75, 3.05) is 0 Å². The molecule has 1 aromatic heterocycles. The number of hydrogen-bond acceptors (Lipinski definition) is 2. The van der Waals surface area contributed by atoms with Gasteiger partial charge in [0.25, 0.3) is 0 Å². The molecule has 1 heterocycles. The molecule has 0 aliphatic carbocycles. The fraction of sp³-hybridized carbons (Fsp3) is 0. The minimum Gasteiger partial charge on any atom is -0.464 e. The monoisotopic (exact) mass is 371 g/mol. The molecule has 0 radical (unpaired) electrons. The van der Waals surface area contributed by atoms with E-state index in [9.17, 15) is 0 Å². The zero-order valence-electron chi connectivity index (χ0n) is 10.5. The SMILES string of the molecule is N#Cc1ccc(-c2cc(I)cc(-c3ccco3)c2)cc1. The van der Waals surface area contributed by atoms with Gasteiger partial charge in [-0.25, -0.2) is 0 Å². The molecule has 0 atom stereocenters. The first-order valence-electron chi connectivity index (χ1n) is 6.11. The third kappa shape index (κ3) is 2.61. The van der Waals surface area contributed by atoms with Crippen molar-refractivity contribution >= 4 is 22.6 Å². The van der Waals surface area contributed by atoms with E-state index in [1.807, 2.05) is 36.4 Å². The quantitative estimate of drug-likeness (QED) is 0.589. The summed E-state index contributed by atoms with van der Waals surface area (Å²) in [5.74, 6) is 0.860. The molecule has 3 rings (SSSR count). The number of nitriles is 1. The third-order valence-corrected chi connectivity index (χ3v) is 3.67. The first-order chi connectivity index (χ1) is 9.76. The lowest BCUT2D eigenvalue weighted by molar-refractivity contribution is 0.582. The lowest BCUT2D eigenvalue weighted by Gasteiger charge is -2.06. The molecule has 0 amide bonds. The van der Waals surface area contributed by atoms with E-state index in [1.54, 1.807) is 6.26 Å². The van der Waals surface area contributed by atoms with Crippen LogP contribution in [0.4, 0.5) is 0 Å². The van der Waals surface area contributed by atoms with Crippen molar-refractivity contribution in [2.24, 2.45) is 0 Å². The van der Waals surface area contributed by atoms with Crippen LogP contribution in [0.25, 0.3) is 22.5 Å². The molecule has 0 bridgehead atoms. The van der Waals surface area contributed by atoms with E-state index in [0.29, 0.717) is 5.56 Å². The van der Waals surface area contributed by atoms with E-state index in [1.165, 1.54) is 0 Å². The standard InChI is InChI=1S/C17H10INO/c18-16-9-14(13-5-3-12(11-19)4-6-13)8-15(10-16)17-2-1-7-20-17/h1-10H. The molecule has 0 spiro atoms. The molecule has 3 heteroatoms. The number of halogens is 1. The maximum atomic E-state index is 8.85. The van der Waals surface area contributed by atoms with Crippen molar-refractivity contribution in [3.05, 3.63) is 70.0 Å². The van der Waals surface area contributed by atoms with Crippen molar-refractivity contribution < 1.29 is 4.42 Å². The van der Waals surface area contributed by atoms with Gasteiger partial charge >= 0.3 is 0 Å². The Kier molecular flexibility index (Phi) is 3.57. The van der Waals surface area contributed by atoms with Crippen LogP contribution in [0, 0.1) is 14.9 Å². The predicted octanol–water partition coefficient (Wildman–Crippen LogP) is 5.09. The van der Waals surface area contributed by atoms with E-state index in [4.69, 9.17) is 9.68 Å². The Morgan fingerprint density at radius 1 is 0.900 bits per heavy atom. The summed E-state index contributed by atoms with van der Waals surface area (Å²) in [4.78, 5) is 0. The largest absolute Gasteiger partial charge is 0.464 e. The van der Waals surface area contributed by atoms with Gasteiger partial charge in [0.05, 0.1) is 17.9 Å². The van der Waals surface area contributed by atoms with Crippen LogP contribution in [0.2, 0.25) is 0 Å². The highest BCUT2D eigenvalue weighted by Gasteiger charge is 2.06. The zero-order valence-corrected chi connectivity index (χ0v) is 12.7. The number of furan rings is 1. The highest BCUT2D eigenvalue weighted by atomic mass is 127. The smallest absolute Gasteiger partial charge is 0.133 e. The van der Waals surface area contributed by atoms with Crippen LogP contribution in [-0.4, -0.2) is 0 Å². The highest BCUT2D eigenvalue weighted by molar-refractivity contribution is 14.1. The maximum Gasteiger partial charge on any atom is 0.133 e. The van der Waals surface area contributed by atoms with Gasteiger partial charge in [-0.1, -0.05) is 12.1 Å². The third-order valence-electron chi connectivity index (χ3n) is 3.05. The molecule has 0 fully saturated rings. The summed E-state index contributed by atoms with van der Waals surface area (Å²) in [6.45, 7) is 0. The average Bonchev–Trinajstić information content (AvgIpc) is 3.01. The molecular formula is C17H10INO. The van der Waals surface area contributed by atoms with Gasteiger partial charge in [0.2, 0.25) is 0 Å². The molecule has 20 heavy (non-hydrogen) atoms. The molecule has 0 unspecified atom stereocenters. The van der Waals surface area contributed by atoms with E-state index in [-0.39, 0.29) is 0 Å². The normalized spacial score (nSPS) is 10.2. The summed E-state index contributed by atoms with van der Waals surface area (Å²) < 4.78 is 6.60. The summed E-state index contributed by atoms with van der Waals surface area (Å²) >= 11 is 2.30. The van der Waals surface area contributed by atoms with Crippen LogP contribution < -0.4 is 0 Å². The molecule has 0 aliphatic rings. The second kappa shape index (κ2) is 5.51. The summed E-state index contributed by atoms with van der Waals surface area (Å²) in [6.07, 6.45) is 1.68. The first-order valence-corrected chi connectivity index (χ1v) is 7.19. The Hall–Kier alpha value is -2.06. The second-order valence-electron chi connectivity index (χ2n) is 4.40. The number of hydrogen-bond donors (Lipinski definition) is 0. The maximum absolute atomic E-state index is 8.85. The van der Waals surface area contributed by atoms with Crippen molar-refractivity contribution in [1.29, 1.82) is 5.26 Å². The van der Waals surface area contributed by atoms with Crippen molar-refractivity contribution in [3.63, 3.8) is 0 Å². The molecule has 2 nitrogen and oxygen atoms in total. The van der Waals surface area contributed by atoms with E-state index < -0.39 is 0 Å². The van der Waals surface area contributed by atoms with Gasteiger partial charge in [-0.15, -0.1) is 0 Å². The number of nitrogens with zero attached hydrogens (tertiary/aromatic N) is 1. The topological polar surface area (TPSA) is 36.9 Å². The van der Waals surface area contributed by atoms with E-state index >= 15 is 0 Å². The Labute approximate surface area is 130 Å². The Morgan fingerprint density at radius 3 is 2.30 bits per heavy atom. The molecule has 0 saturated heterocycles. The Morgan fingerprint density at radius 2 is 1.65 bits per heavy atom. The highest BCUT2D eigenvalue weighted by Crippen LogP contribution is 2.29. The zero-order chi connectivity index (χ0) is 13.9. The predicted molar refractivity (Wildman–Crippen MR) is 87.0 cm³/mol. The van der Waals surface area contributed by atoms with Crippen LogP contribution in [0.3, 0.4) is 0 Å². The Balaban J connectivity index is 2.07. The molecule has 0 saturated carbocycles. The van der Waals surface area contributed by atoms with Crippen LogP contribution in [0.15, 0.2) is 65.3 Å². The molecule has 96 valence electrons. The number of rotatable bonds is 2. The summed E-state index contributed by atoms with van der Waals surface area (Å²) in [6, 6.07) is 19.9. The van der Waals surface area contributed by atoms with E-state index in [0.717, 1.165) is 26.0 Å². The van der Waals surface area contributed by atoms with Crippen LogP contribution in [0.1, 0.15) is 5.56 Å². The minimum atomic E-state index is 0.672. The second-order valence-corrected chi connectivity index (χ2v) is 5.64. The molecule has 3 aromatic rings. The van der Waals surface area contributed by atoms with Crippen LogP contribution in [-0.2, 0) is 0 Å². The van der Waals surface area contributed by atoms with Crippen LogP contribution >= 0.6 is 22.6 Å². The number of benzene rings is 2. The van der Waals surface area contributed by atoms with Gasteiger partial charge in [0.1, 0.15) is 5.76 Å². The van der Waals surface area contributed by atoms with E-state index in [2.05, 4.69) is 46.9 Å². The van der Waals surface area contributed by atoms with Gasteiger partial charge in [-0.2, -0.15) is 5.26 Å². The Bertz CT molecular complexity index is 768. The van der Waals surface area contributed by atoms with Gasteiger partial charge in [0, 0.05) is 9.13 Å². The lowest BCUT2D eigenvalue weighted by Crippen LogP contribution is -1.84. The molecule has 2 aromatic carbocycles. The van der Waals surface area contributed by atoms with Crippen LogP contribution in [0.5, 0.6) is 0 Å². The average molecular weight is 371 g/mol. The van der Waals surface area contributed by atoms with Gasteiger partial charge in [0.15, 0.2) is 0 Å². The van der Waals surface area contributed by atoms with Crippen molar-refractivity contribution in [3.8, 4) is 28.5 Å². The van der Waals surface area contributed by atoms with Gasteiger partial charge < -0.3 is 4.42 Å². The summed E-state index contributed by atoms with van der Waals surface area (Å²) in [7, 11) is 0. The molecule has 0 aliphatic heterocycles. The summed E-state index contributed by atoms with van der Waals surface area (Å²) in [5.41, 5.74) is 3.94. The molecular weight excluding hydrogens is 361 g/mol. The lowest BCUT2D eigenvalue weighted by atomic mass is 10.0. The van der Waals surface area contributed by atoms with Gasteiger partial charge in [-0.3, -0.25) is 0 Å². The minimum absolute atomic E-state index is 0.672. The molecule has 0 N–H and O–H groups in total.